The number of halogens is 3. The molecule has 0 aliphatic carbocycles. The molecule has 0 atom stereocenters. The number of hydrogen-bond acceptors (Lipinski definition) is 4. The van der Waals surface area contributed by atoms with E-state index in [4.69, 9.17) is 10.5 Å². The van der Waals surface area contributed by atoms with E-state index in [1.807, 2.05) is 6.92 Å². The second-order valence-electron chi connectivity index (χ2n) is 3.47. The van der Waals surface area contributed by atoms with Gasteiger partial charge in [-0.15, -0.1) is 0 Å². The van der Waals surface area contributed by atoms with Crippen LogP contribution in [0.5, 0.6) is 5.88 Å². The maximum absolute atomic E-state index is 11.9. The summed E-state index contributed by atoms with van der Waals surface area (Å²) >= 11 is 0. The molecule has 17 heavy (non-hydrogen) atoms. The van der Waals surface area contributed by atoms with Gasteiger partial charge in [0.2, 0.25) is 5.88 Å². The summed E-state index contributed by atoms with van der Waals surface area (Å²) in [6, 6.07) is 1.40. The molecular formula is C10H14F3N3O. The van der Waals surface area contributed by atoms with E-state index in [1.165, 1.54) is 6.07 Å². The molecule has 0 radical (unpaired) electrons. The summed E-state index contributed by atoms with van der Waals surface area (Å²) in [5.74, 6) is 0.981. The Morgan fingerprint density at radius 2 is 2.06 bits per heavy atom. The monoisotopic (exact) mass is 249 g/mol. The first-order chi connectivity index (χ1) is 7.90. The second-order valence-corrected chi connectivity index (χ2v) is 3.47. The number of alkyl halides is 3. The van der Waals surface area contributed by atoms with Crippen molar-refractivity contribution in [3.63, 3.8) is 0 Å². The van der Waals surface area contributed by atoms with E-state index < -0.39 is 12.6 Å². The summed E-state index contributed by atoms with van der Waals surface area (Å²) in [6.45, 7) is 1.81. The topological polar surface area (TPSA) is 61.0 Å². The molecule has 0 saturated heterocycles. The van der Waals surface area contributed by atoms with Gasteiger partial charge in [0.25, 0.3) is 0 Å². The quantitative estimate of drug-likeness (QED) is 0.813. The van der Waals surface area contributed by atoms with E-state index in [2.05, 4.69) is 9.97 Å². The zero-order valence-electron chi connectivity index (χ0n) is 9.42. The molecule has 0 fully saturated rings. The molecule has 0 aliphatic rings. The van der Waals surface area contributed by atoms with Gasteiger partial charge < -0.3 is 10.5 Å². The van der Waals surface area contributed by atoms with Gasteiger partial charge in [-0.3, -0.25) is 0 Å². The van der Waals surface area contributed by atoms with Gasteiger partial charge in [-0.05, 0) is 6.42 Å². The van der Waals surface area contributed by atoms with Crippen molar-refractivity contribution in [2.24, 2.45) is 0 Å². The maximum atomic E-state index is 11.9. The molecule has 1 aromatic rings. The van der Waals surface area contributed by atoms with Crippen molar-refractivity contribution in [2.45, 2.75) is 32.4 Å². The minimum atomic E-state index is -4.15. The fourth-order valence-electron chi connectivity index (χ4n) is 1.17. The zero-order valence-corrected chi connectivity index (χ0v) is 9.42. The lowest BCUT2D eigenvalue weighted by atomic mass is 10.3. The predicted molar refractivity (Wildman–Crippen MR) is 56.6 cm³/mol. The average Bonchev–Trinajstić information content (AvgIpc) is 2.22. The Labute approximate surface area is 97.0 Å². The summed E-state index contributed by atoms with van der Waals surface area (Å²) < 4.78 is 40.7. The lowest BCUT2D eigenvalue weighted by Crippen LogP contribution is -2.10. The third-order valence-electron chi connectivity index (χ3n) is 1.94. The summed E-state index contributed by atoms with van der Waals surface area (Å²) in [5.41, 5.74) is 5.50. The van der Waals surface area contributed by atoms with Crippen LogP contribution in [0.2, 0.25) is 0 Å². The highest BCUT2D eigenvalue weighted by atomic mass is 19.4. The Balaban J connectivity index is 2.44. The fourth-order valence-corrected chi connectivity index (χ4v) is 1.17. The fraction of sp³-hybridized carbons (Fsp3) is 0.600. The molecule has 0 spiro atoms. The number of nitrogens with two attached hydrogens (primary N) is 1. The number of aromatic nitrogens is 2. The molecule has 96 valence electrons. The number of anilines is 1. The van der Waals surface area contributed by atoms with Crippen LogP contribution in [0.15, 0.2) is 6.07 Å². The largest absolute Gasteiger partial charge is 0.478 e. The molecule has 0 bridgehead atoms. The second kappa shape index (κ2) is 5.70. The Morgan fingerprint density at radius 1 is 1.35 bits per heavy atom. The molecule has 2 N–H and O–H groups in total. The standard InChI is InChI=1S/C10H14F3N3O/c1-2-8-15-7(14)6-9(16-8)17-5-3-4-10(11,12)13/h6H,2-5H2,1H3,(H2,14,15,16). The number of hydrogen-bond donors (Lipinski definition) is 1. The van der Waals surface area contributed by atoms with Gasteiger partial charge in [0.05, 0.1) is 6.61 Å². The van der Waals surface area contributed by atoms with Crippen molar-refractivity contribution in [1.82, 2.24) is 9.97 Å². The molecule has 7 heteroatoms. The smallest absolute Gasteiger partial charge is 0.389 e. The van der Waals surface area contributed by atoms with Crippen molar-refractivity contribution in [1.29, 1.82) is 0 Å². The third-order valence-corrected chi connectivity index (χ3v) is 1.94. The lowest BCUT2D eigenvalue weighted by Gasteiger charge is -2.08. The summed E-state index contributed by atoms with van der Waals surface area (Å²) in [4.78, 5) is 7.92. The molecule has 1 heterocycles. The molecular weight excluding hydrogens is 235 g/mol. The summed E-state index contributed by atoms with van der Waals surface area (Å²) in [7, 11) is 0. The number of ether oxygens (including phenoxy) is 1. The normalized spacial score (nSPS) is 11.5. The Morgan fingerprint density at radius 3 is 2.65 bits per heavy atom. The van der Waals surface area contributed by atoms with E-state index in [-0.39, 0.29) is 24.7 Å². The van der Waals surface area contributed by atoms with Gasteiger partial charge in [0, 0.05) is 18.9 Å². The van der Waals surface area contributed by atoms with Gasteiger partial charge >= 0.3 is 6.18 Å². The molecule has 0 aromatic carbocycles. The van der Waals surface area contributed by atoms with Crippen molar-refractivity contribution >= 4 is 5.82 Å². The predicted octanol–water partition coefficient (Wildman–Crippen LogP) is 2.34. The van der Waals surface area contributed by atoms with E-state index in [1.54, 1.807) is 0 Å². The van der Waals surface area contributed by atoms with Crippen LogP contribution in [-0.4, -0.2) is 22.8 Å². The van der Waals surface area contributed by atoms with E-state index in [0.29, 0.717) is 12.2 Å². The zero-order chi connectivity index (χ0) is 12.9. The molecule has 4 nitrogen and oxygen atoms in total. The van der Waals surface area contributed by atoms with Crippen LogP contribution in [0.3, 0.4) is 0 Å². The molecule has 1 aromatic heterocycles. The Hall–Kier alpha value is -1.53. The number of nitrogens with zero attached hydrogens (tertiary/aromatic N) is 2. The minimum absolute atomic E-state index is 0.0425. The maximum Gasteiger partial charge on any atom is 0.389 e. The number of rotatable bonds is 5. The average molecular weight is 249 g/mol. The van der Waals surface area contributed by atoms with Crippen LogP contribution in [0.25, 0.3) is 0 Å². The molecule has 0 amide bonds. The first kappa shape index (κ1) is 13.5. The van der Waals surface area contributed by atoms with Crippen LogP contribution < -0.4 is 10.5 Å². The van der Waals surface area contributed by atoms with Gasteiger partial charge in [-0.1, -0.05) is 6.92 Å². The van der Waals surface area contributed by atoms with Crippen LogP contribution in [0.1, 0.15) is 25.6 Å². The van der Waals surface area contributed by atoms with Gasteiger partial charge in [0.1, 0.15) is 11.6 Å². The molecule has 1 rings (SSSR count). The Kier molecular flexibility index (Phi) is 4.53. The minimum Gasteiger partial charge on any atom is -0.478 e. The van der Waals surface area contributed by atoms with E-state index in [9.17, 15) is 13.2 Å². The van der Waals surface area contributed by atoms with Crippen molar-refractivity contribution < 1.29 is 17.9 Å². The first-order valence-corrected chi connectivity index (χ1v) is 5.23. The molecule has 0 saturated carbocycles. The highest BCUT2D eigenvalue weighted by Crippen LogP contribution is 2.21. The van der Waals surface area contributed by atoms with Gasteiger partial charge in [-0.25, -0.2) is 4.98 Å². The van der Waals surface area contributed by atoms with Gasteiger partial charge in [0.15, 0.2) is 0 Å². The van der Waals surface area contributed by atoms with Crippen LogP contribution in [0, 0.1) is 0 Å². The highest BCUT2D eigenvalue weighted by molar-refractivity contribution is 5.32. The van der Waals surface area contributed by atoms with Crippen molar-refractivity contribution in [2.75, 3.05) is 12.3 Å². The summed E-state index contributed by atoms with van der Waals surface area (Å²) in [5, 5.41) is 0. The van der Waals surface area contributed by atoms with Crippen molar-refractivity contribution in [3.05, 3.63) is 11.9 Å². The lowest BCUT2D eigenvalue weighted by molar-refractivity contribution is -0.136. The van der Waals surface area contributed by atoms with Gasteiger partial charge in [-0.2, -0.15) is 18.2 Å². The van der Waals surface area contributed by atoms with E-state index in [0.717, 1.165) is 0 Å². The third kappa shape index (κ3) is 5.37. The number of nitrogen functional groups attached to an aromatic ring is 1. The number of aryl methyl sites for hydroxylation is 1. The molecule has 0 unspecified atom stereocenters. The van der Waals surface area contributed by atoms with Crippen LogP contribution >= 0.6 is 0 Å². The highest BCUT2D eigenvalue weighted by Gasteiger charge is 2.26. The van der Waals surface area contributed by atoms with Crippen LogP contribution in [0.4, 0.5) is 19.0 Å². The van der Waals surface area contributed by atoms with E-state index >= 15 is 0 Å². The first-order valence-electron chi connectivity index (χ1n) is 5.23. The van der Waals surface area contributed by atoms with Crippen LogP contribution in [-0.2, 0) is 6.42 Å². The molecule has 0 aliphatic heterocycles. The SMILES string of the molecule is CCc1nc(N)cc(OCCCC(F)(F)F)n1. The summed E-state index contributed by atoms with van der Waals surface area (Å²) in [6.07, 6.45) is -4.53. The Bertz CT molecular complexity index is 368. The van der Waals surface area contributed by atoms with Crippen molar-refractivity contribution in [3.8, 4) is 5.88 Å².